The van der Waals surface area contributed by atoms with E-state index in [2.05, 4.69) is 21.6 Å². The molecule has 3 heteroatoms. The highest BCUT2D eigenvalue weighted by molar-refractivity contribution is 5.57. The second-order valence-corrected chi connectivity index (χ2v) is 2.42. The van der Waals surface area contributed by atoms with Crippen molar-refractivity contribution in [3.63, 3.8) is 0 Å². The van der Waals surface area contributed by atoms with Gasteiger partial charge in [-0.25, -0.2) is 0 Å². The lowest BCUT2D eigenvalue weighted by Gasteiger charge is -2.03. The normalized spacial score (nSPS) is 21.6. The van der Waals surface area contributed by atoms with Crippen LogP contribution in [0.15, 0.2) is 29.5 Å². The van der Waals surface area contributed by atoms with Crippen LogP contribution in [0.4, 0.5) is 0 Å². The molecule has 11 heavy (non-hydrogen) atoms. The van der Waals surface area contributed by atoms with E-state index in [1.165, 1.54) is 0 Å². The molecular formula is C8H8N3. The van der Waals surface area contributed by atoms with Crippen LogP contribution in [0.2, 0.25) is 0 Å². The van der Waals surface area contributed by atoms with Crippen molar-refractivity contribution in [3.8, 4) is 0 Å². The van der Waals surface area contributed by atoms with Crippen molar-refractivity contribution in [1.29, 1.82) is 0 Å². The summed E-state index contributed by atoms with van der Waals surface area (Å²) >= 11 is 0. The van der Waals surface area contributed by atoms with Gasteiger partial charge in [0.1, 0.15) is 0 Å². The van der Waals surface area contributed by atoms with E-state index in [-0.39, 0.29) is 6.04 Å². The summed E-state index contributed by atoms with van der Waals surface area (Å²) < 4.78 is 0. The fourth-order valence-electron chi connectivity index (χ4n) is 1.08. The van der Waals surface area contributed by atoms with Gasteiger partial charge in [0.25, 0.3) is 0 Å². The molecule has 0 fully saturated rings. The second-order valence-electron chi connectivity index (χ2n) is 2.42. The molecule has 2 rings (SSSR count). The van der Waals surface area contributed by atoms with Crippen LogP contribution in [0, 0.1) is 0 Å². The zero-order valence-corrected chi connectivity index (χ0v) is 5.99. The maximum Gasteiger partial charge on any atom is 0.164 e. The molecule has 1 aliphatic heterocycles. The van der Waals surface area contributed by atoms with Crippen LogP contribution < -0.4 is 5.32 Å². The number of pyridine rings is 1. The van der Waals surface area contributed by atoms with Gasteiger partial charge in [-0.2, -0.15) is 0 Å². The summed E-state index contributed by atoms with van der Waals surface area (Å²) in [6.45, 7) is 0.839. The minimum absolute atomic E-state index is 0.212. The van der Waals surface area contributed by atoms with Crippen molar-refractivity contribution in [1.82, 2.24) is 10.3 Å². The zero-order chi connectivity index (χ0) is 7.52. The largest absolute Gasteiger partial charge is 0.365 e. The first-order chi connectivity index (χ1) is 5.47. The highest BCUT2D eigenvalue weighted by Gasteiger charge is 2.11. The number of rotatable bonds is 1. The summed E-state index contributed by atoms with van der Waals surface area (Å²) in [6.07, 6.45) is 6.32. The Kier molecular flexibility index (Phi) is 1.55. The molecule has 0 saturated carbocycles. The molecule has 0 saturated heterocycles. The van der Waals surface area contributed by atoms with E-state index in [1.54, 1.807) is 6.20 Å². The number of hydrogen-bond donors (Lipinski definition) is 1. The number of nitrogens with one attached hydrogen (secondary N) is 1. The summed E-state index contributed by atoms with van der Waals surface area (Å²) in [5.41, 5.74) is 1.14. The first kappa shape index (κ1) is 6.34. The molecule has 2 heterocycles. The van der Waals surface area contributed by atoms with E-state index in [0.29, 0.717) is 0 Å². The van der Waals surface area contributed by atoms with Gasteiger partial charge in [-0.3, -0.25) is 9.98 Å². The van der Waals surface area contributed by atoms with Crippen LogP contribution in [0.25, 0.3) is 0 Å². The molecular weight excluding hydrogens is 138 g/mol. The molecule has 0 bridgehead atoms. The van der Waals surface area contributed by atoms with Crippen molar-refractivity contribution >= 4 is 6.34 Å². The number of aromatic nitrogens is 1. The molecule has 1 unspecified atom stereocenters. The van der Waals surface area contributed by atoms with Gasteiger partial charge in [0, 0.05) is 18.9 Å². The second kappa shape index (κ2) is 2.70. The molecule has 1 aliphatic rings. The van der Waals surface area contributed by atoms with Crippen LogP contribution >= 0.6 is 0 Å². The fourth-order valence-corrected chi connectivity index (χ4v) is 1.08. The highest BCUT2D eigenvalue weighted by Crippen LogP contribution is 2.16. The Balaban J connectivity index is 2.23. The van der Waals surface area contributed by atoms with E-state index in [0.717, 1.165) is 12.1 Å². The Labute approximate surface area is 65.2 Å². The lowest BCUT2D eigenvalue weighted by Crippen LogP contribution is -2.09. The summed E-state index contributed by atoms with van der Waals surface area (Å²) in [5.74, 6) is 0. The lowest BCUT2D eigenvalue weighted by molar-refractivity contribution is 0.748. The monoisotopic (exact) mass is 146 g/mol. The molecule has 0 amide bonds. The molecule has 55 valence electrons. The Hall–Kier alpha value is -1.38. The summed E-state index contributed by atoms with van der Waals surface area (Å²) in [4.78, 5) is 8.12. The first-order valence-electron chi connectivity index (χ1n) is 3.54. The van der Waals surface area contributed by atoms with Gasteiger partial charge in [0.15, 0.2) is 6.34 Å². The molecule has 1 aromatic rings. The quantitative estimate of drug-likeness (QED) is 0.631. The third-order valence-electron chi connectivity index (χ3n) is 1.66. The Morgan fingerprint density at radius 1 is 1.64 bits per heavy atom. The minimum Gasteiger partial charge on any atom is -0.365 e. The van der Waals surface area contributed by atoms with E-state index < -0.39 is 0 Å². The van der Waals surface area contributed by atoms with E-state index in [1.807, 2.05) is 18.3 Å². The average molecular weight is 146 g/mol. The molecule has 1 aromatic heterocycles. The standard InChI is InChI=1S/C8H8N3/c1-2-7(4-9-3-1)8-5-10-6-11-8/h1-4,8H,5H2,(H,10,11). The van der Waals surface area contributed by atoms with Gasteiger partial charge in [-0.15, -0.1) is 0 Å². The zero-order valence-electron chi connectivity index (χ0n) is 5.99. The van der Waals surface area contributed by atoms with Crippen molar-refractivity contribution in [2.75, 3.05) is 6.54 Å². The van der Waals surface area contributed by atoms with Gasteiger partial charge in [0.05, 0.1) is 6.04 Å². The molecule has 1 N–H and O–H groups in total. The maximum atomic E-state index is 4.10. The van der Waals surface area contributed by atoms with Crippen LogP contribution in [-0.2, 0) is 0 Å². The predicted octanol–water partition coefficient (Wildman–Crippen LogP) is 0.631. The SMILES string of the molecule is [C]1=NC(c2cccnc2)CN1. The van der Waals surface area contributed by atoms with E-state index in [4.69, 9.17) is 0 Å². The Bertz CT molecular complexity index is 255. The predicted molar refractivity (Wildman–Crippen MR) is 42.4 cm³/mol. The number of hydrogen-bond acceptors (Lipinski definition) is 3. The Morgan fingerprint density at radius 2 is 2.64 bits per heavy atom. The van der Waals surface area contributed by atoms with Gasteiger partial charge < -0.3 is 5.32 Å². The molecule has 0 aromatic carbocycles. The third kappa shape index (κ3) is 1.22. The van der Waals surface area contributed by atoms with Gasteiger partial charge in [-0.05, 0) is 11.6 Å². The van der Waals surface area contributed by atoms with Gasteiger partial charge in [-0.1, -0.05) is 6.07 Å². The van der Waals surface area contributed by atoms with E-state index >= 15 is 0 Å². The van der Waals surface area contributed by atoms with Crippen molar-refractivity contribution < 1.29 is 0 Å². The minimum atomic E-state index is 0.212. The Morgan fingerprint density at radius 3 is 3.27 bits per heavy atom. The molecule has 1 radical (unpaired) electrons. The van der Waals surface area contributed by atoms with Crippen LogP contribution in [0.5, 0.6) is 0 Å². The lowest BCUT2D eigenvalue weighted by atomic mass is 10.1. The first-order valence-corrected chi connectivity index (χ1v) is 3.54. The van der Waals surface area contributed by atoms with Crippen molar-refractivity contribution in [2.24, 2.45) is 4.99 Å². The fraction of sp³-hybridized carbons (Fsp3) is 0.250. The van der Waals surface area contributed by atoms with E-state index in [9.17, 15) is 0 Å². The molecule has 3 nitrogen and oxygen atoms in total. The summed E-state index contributed by atoms with van der Waals surface area (Å²) in [5, 5.41) is 2.93. The van der Waals surface area contributed by atoms with Crippen LogP contribution in [0.1, 0.15) is 11.6 Å². The third-order valence-corrected chi connectivity index (χ3v) is 1.66. The summed E-state index contributed by atoms with van der Waals surface area (Å²) in [7, 11) is 0. The molecule has 0 spiro atoms. The maximum absolute atomic E-state index is 4.10. The highest BCUT2D eigenvalue weighted by atomic mass is 15.0. The number of aliphatic imine (C=N–C) groups is 1. The van der Waals surface area contributed by atoms with Gasteiger partial charge in [0.2, 0.25) is 0 Å². The molecule has 0 aliphatic carbocycles. The smallest absolute Gasteiger partial charge is 0.164 e. The van der Waals surface area contributed by atoms with Crippen LogP contribution in [-0.4, -0.2) is 17.9 Å². The van der Waals surface area contributed by atoms with Crippen molar-refractivity contribution in [3.05, 3.63) is 30.1 Å². The number of nitrogens with zero attached hydrogens (tertiary/aromatic N) is 2. The van der Waals surface area contributed by atoms with Crippen molar-refractivity contribution in [2.45, 2.75) is 6.04 Å². The average Bonchev–Trinajstić information content (AvgIpc) is 2.58. The summed E-state index contributed by atoms with van der Waals surface area (Å²) in [6, 6.07) is 4.16. The topological polar surface area (TPSA) is 37.3 Å². The van der Waals surface area contributed by atoms with Crippen LogP contribution in [0.3, 0.4) is 0 Å². The van der Waals surface area contributed by atoms with Gasteiger partial charge >= 0.3 is 0 Å². The molecule has 1 atom stereocenters.